The van der Waals surface area contributed by atoms with Crippen LogP contribution in [0.1, 0.15) is 21.6 Å². The Labute approximate surface area is 200 Å². The lowest BCUT2D eigenvalue weighted by Crippen LogP contribution is -2.09. The van der Waals surface area contributed by atoms with Gasteiger partial charge in [0.1, 0.15) is 16.5 Å². The second-order valence-corrected chi connectivity index (χ2v) is 10.4. The fourth-order valence-electron chi connectivity index (χ4n) is 3.31. The van der Waals surface area contributed by atoms with Crippen LogP contribution in [-0.4, -0.2) is 19.2 Å². The molecule has 0 unspecified atom stereocenters. The zero-order valence-electron chi connectivity index (χ0n) is 17.8. The number of hydrogen-bond acceptors (Lipinski definition) is 5. The van der Waals surface area contributed by atoms with E-state index in [2.05, 4.69) is 4.98 Å². The highest BCUT2D eigenvalue weighted by Gasteiger charge is 2.22. The Morgan fingerprint density at radius 1 is 0.882 bits per heavy atom. The van der Waals surface area contributed by atoms with Gasteiger partial charge in [-0.25, -0.2) is 17.2 Å². The molecule has 0 radical (unpaired) electrons. The first-order chi connectivity index (χ1) is 16.3. The fourth-order valence-corrected chi connectivity index (χ4v) is 5.63. The van der Waals surface area contributed by atoms with E-state index in [0.717, 1.165) is 17.8 Å². The molecular formula is C26H19F2NO3S2. The monoisotopic (exact) mass is 495 g/mol. The molecule has 8 heteroatoms. The van der Waals surface area contributed by atoms with E-state index in [1.165, 1.54) is 60.3 Å². The van der Waals surface area contributed by atoms with Crippen molar-refractivity contribution in [2.75, 3.05) is 0 Å². The molecule has 0 aliphatic rings. The fraction of sp³-hybridized carbons (Fsp3) is 0.0769. The maximum Gasteiger partial charge on any atom is 0.211 e. The Hall–Kier alpha value is -3.36. The number of sulfone groups is 1. The standard InChI is InChI=1S/C26H19F2NO3S2/c27-19-10-13-22(25(14-19)33-17-18-6-2-1-3-7-18)24(30)15-20-11-12-21(16-29-20)34(31,32)26-9-5-4-8-23(26)28/h1-14,16H,15,17H2. The largest absolute Gasteiger partial charge is 0.294 e. The van der Waals surface area contributed by atoms with E-state index in [4.69, 9.17) is 0 Å². The molecular weight excluding hydrogens is 476 g/mol. The van der Waals surface area contributed by atoms with E-state index >= 15 is 0 Å². The van der Waals surface area contributed by atoms with Gasteiger partial charge in [0.15, 0.2) is 5.78 Å². The molecule has 172 valence electrons. The topological polar surface area (TPSA) is 64.1 Å². The molecule has 0 spiro atoms. The smallest absolute Gasteiger partial charge is 0.211 e. The molecule has 0 amide bonds. The number of rotatable bonds is 8. The van der Waals surface area contributed by atoms with Crippen molar-refractivity contribution < 1.29 is 22.0 Å². The number of hydrogen-bond donors (Lipinski definition) is 0. The van der Waals surface area contributed by atoms with Crippen molar-refractivity contribution in [1.82, 2.24) is 4.98 Å². The van der Waals surface area contributed by atoms with Gasteiger partial charge in [-0.15, -0.1) is 11.8 Å². The molecule has 0 fully saturated rings. The van der Waals surface area contributed by atoms with Gasteiger partial charge in [0.2, 0.25) is 9.84 Å². The number of aromatic nitrogens is 1. The molecule has 4 aromatic rings. The van der Waals surface area contributed by atoms with E-state index in [1.807, 2.05) is 30.3 Å². The van der Waals surface area contributed by atoms with Gasteiger partial charge in [-0.1, -0.05) is 42.5 Å². The summed E-state index contributed by atoms with van der Waals surface area (Å²) in [5, 5.41) is 0. The first-order valence-corrected chi connectivity index (χ1v) is 12.8. The third-order valence-corrected chi connectivity index (χ3v) is 7.96. The van der Waals surface area contributed by atoms with Crippen molar-refractivity contribution in [3.05, 3.63) is 120 Å². The average Bonchev–Trinajstić information content (AvgIpc) is 2.84. The first-order valence-electron chi connectivity index (χ1n) is 10.3. The Kier molecular flexibility index (Phi) is 7.19. The SMILES string of the molecule is O=C(Cc1ccc(S(=O)(=O)c2ccccc2F)cn1)c1ccc(F)cc1SCc1ccccc1. The number of halogens is 2. The summed E-state index contributed by atoms with van der Waals surface area (Å²) in [4.78, 5) is 17.0. The minimum absolute atomic E-state index is 0.0927. The third kappa shape index (κ3) is 5.40. The van der Waals surface area contributed by atoms with E-state index in [0.29, 0.717) is 21.9 Å². The van der Waals surface area contributed by atoms with Crippen LogP contribution in [0.2, 0.25) is 0 Å². The van der Waals surface area contributed by atoms with Crippen molar-refractivity contribution in [2.45, 2.75) is 26.9 Å². The van der Waals surface area contributed by atoms with Crippen LogP contribution in [0.5, 0.6) is 0 Å². The summed E-state index contributed by atoms with van der Waals surface area (Å²) in [5.74, 6) is -0.981. The Morgan fingerprint density at radius 2 is 1.62 bits per heavy atom. The van der Waals surface area contributed by atoms with Crippen LogP contribution in [-0.2, 0) is 22.0 Å². The normalized spacial score (nSPS) is 11.4. The molecule has 0 N–H and O–H groups in total. The number of pyridine rings is 1. The highest BCUT2D eigenvalue weighted by atomic mass is 32.2. The molecule has 3 aromatic carbocycles. The summed E-state index contributed by atoms with van der Waals surface area (Å²) >= 11 is 1.36. The second-order valence-electron chi connectivity index (χ2n) is 7.43. The lowest BCUT2D eigenvalue weighted by Gasteiger charge is -2.10. The van der Waals surface area contributed by atoms with Gasteiger partial charge in [0, 0.05) is 28.1 Å². The molecule has 0 bridgehead atoms. The summed E-state index contributed by atoms with van der Waals surface area (Å²) in [7, 11) is -4.08. The Bertz CT molecular complexity index is 1420. The van der Waals surface area contributed by atoms with E-state index in [1.54, 1.807) is 0 Å². The lowest BCUT2D eigenvalue weighted by atomic mass is 10.1. The van der Waals surface area contributed by atoms with Crippen molar-refractivity contribution in [1.29, 1.82) is 0 Å². The number of thioether (sulfide) groups is 1. The van der Waals surface area contributed by atoms with Crippen molar-refractivity contribution in [3.8, 4) is 0 Å². The van der Waals surface area contributed by atoms with E-state index in [9.17, 15) is 22.0 Å². The zero-order chi connectivity index (χ0) is 24.1. The van der Waals surface area contributed by atoms with Crippen LogP contribution in [0.25, 0.3) is 0 Å². The average molecular weight is 496 g/mol. The predicted octanol–water partition coefficient (Wildman–Crippen LogP) is 5.91. The van der Waals surface area contributed by atoms with Crippen LogP contribution >= 0.6 is 11.8 Å². The van der Waals surface area contributed by atoms with E-state index in [-0.39, 0.29) is 17.1 Å². The predicted molar refractivity (Wildman–Crippen MR) is 127 cm³/mol. The van der Waals surface area contributed by atoms with Gasteiger partial charge in [-0.3, -0.25) is 9.78 Å². The highest BCUT2D eigenvalue weighted by molar-refractivity contribution is 7.98. The molecule has 0 saturated heterocycles. The number of benzene rings is 3. The van der Waals surface area contributed by atoms with Gasteiger partial charge in [0.05, 0.1) is 11.3 Å². The van der Waals surface area contributed by atoms with Gasteiger partial charge < -0.3 is 0 Å². The van der Waals surface area contributed by atoms with Gasteiger partial charge in [0.25, 0.3) is 0 Å². The quantitative estimate of drug-likeness (QED) is 0.225. The van der Waals surface area contributed by atoms with Crippen molar-refractivity contribution >= 4 is 27.4 Å². The number of Topliss-reactive ketones (excluding diaryl/α,β-unsaturated/α-hetero) is 1. The third-order valence-electron chi connectivity index (χ3n) is 5.06. The molecule has 1 heterocycles. The highest BCUT2D eigenvalue weighted by Crippen LogP contribution is 2.28. The minimum Gasteiger partial charge on any atom is -0.294 e. The molecule has 4 rings (SSSR count). The summed E-state index contributed by atoms with van der Waals surface area (Å²) in [6.07, 6.45) is 1.02. The molecule has 0 atom stereocenters. The summed E-state index contributed by atoms with van der Waals surface area (Å²) in [6, 6.07) is 21.5. The summed E-state index contributed by atoms with van der Waals surface area (Å²) in [6.45, 7) is 0. The van der Waals surface area contributed by atoms with Gasteiger partial charge in [-0.2, -0.15) is 0 Å². The minimum atomic E-state index is -4.08. The number of ketones is 1. The summed E-state index contributed by atoms with van der Waals surface area (Å²) in [5.41, 5.74) is 1.76. The zero-order valence-corrected chi connectivity index (χ0v) is 19.5. The van der Waals surface area contributed by atoms with Crippen LogP contribution < -0.4 is 0 Å². The second kappa shape index (κ2) is 10.3. The number of carbonyl (C=O) groups is 1. The van der Waals surface area contributed by atoms with E-state index < -0.39 is 26.4 Å². The summed E-state index contributed by atoms with van der Waals surface area (Å²) < 4.78 is 53.2. The Balaban J connectivity index is 1.52. The lowest BCUT2D eigenvalue weighted by molar-refractivity contribution is 0.0989. The van der Waals surface area contributed by atoms with Crippen LogP contribution in [0.3, 0.4) is 0 Å². The molecule has 0 aliphatic heterocycles. The van der Waals surface area contributed by atoms with Gasteiger partial charge >= 0.3 is 0 Å². The maximum atomic E-state index is 14.0. The number of nitrogens with zero attached hydrogens (tertiary/aromatic N) is 1. The molecule has 34 heavy (non-hydrogen) atoms. The maximum absolute atomic E-state index is 14.0. The molecule has 4 nitrogen and oxygen atoms in total. The Morgan fingerprint density at radius 3 is 2.32 bits per heavy atom. The van der Waals surface area contributed by atoms with Crippen LogP contribution in [0.15, 0.2) is 106 Å². The first kappa shape index (κ1) is 23.8. The van der Waals surface area contributed by atoms with Crippen LogP contribution in [0.4, 0.5) is 8.78 Å². The molecule has 0 aliphatic carbocycles. The number of carbonyl (C=O) groups excluding carboxylic acids is 1. The van der Waals surface area contributed by atoms with Crippen molar-refractivity contribution in [3.63, 3.8) is 0 Å². The molecule has 0 saturated carbocycles. The molecule has 1 aromatic heterocycles. The van der Waals surface area contributed by atoms with Crippen molar-refractivity contribution in [2.24, 2.45) is 0 Å². The van der Waals surface area contributed by atoms with Gasteiger partial charge in [-0.05, 0) is 48.0 Å². The van der Waals surface area contributed by atoms with Crippen LogP contribution in [0, 0.1) is 11.6 Å².